The van der Waals surface area contributed by atoms with Gasteiger partial charge in [0.05, 0.1) is 23.7 Å². The first-order chi connectivity index (χ1) is 13.9. The van der Waals surface area contributed by atoms with Crippen LogP contribution < -0.4 is 22.1 Å². The Bertz CT molecular complexity index is 661. The highest BCUT2D eigenvalue weighted by Crippen LogP contribution is 2.65. The van der Waals surface area contributed by atoms with Crippen molar-refractivity contribution in [1.82, 2.24) is 10.6 Å². The van der Waals surface area contributed by atoms with Gasteiger partial charge in [0.2, 0.25) is 5.91 Å². The largest absolute Gasteiger partial charge is 0.481 e. The van der Waals surface area contributed by atoms with Crippen molar-refractivity contribution in [2.45, 2.75) is 90.4 Å². The van der Waals surface area contributed by atoms with Crippen molar-refractivity contribution in [2.75, 3.05) is 6.54 Å². The molecule has 4 rings (SSSR count). The summed E-state index contributed by atoms with van der Waals surface area (Å²) in [5, 5.41) is 5.60. The molecule has 0 aromatic heterocycles. The molecule has 3 aliphatic carbocycles. The van der Waals surface area contributed by atoms with Crippen molar-refractivity contribution in [3.8, 4) is 0 Å². The van der Waals surface area contributed by atoms with E-state index in [4.69, 9.17) is 20.8 Å². The molecule has 0 unspecified atom stereocenters. The highest BCUT2D eigenvalue weighted by Gasteiger charge is 2.68. The Morgan fingerprint density at radius 1 is 1.23 bits per heavy atom. The molecule has 3 amide bonds. The van der Waals surface area contributed by atoms with Gasteiger partial charge in [-0.05, 0) is 62.2 Å². The van der Waals surface area contributed by atoms with Crippen molar-refractivity contribution >= 4 is 19.1 Å². The average Bonchev–Trinajstić information content (AvgIpc) is 3.00. The zero-order valence-corrected chi connectivity index (χ0v) is 19.1. The fraction of sp³-hybridized carbons (Fsp3) is 0.905. The van der Waals surface area contributed by atoms with Gasteiger partial charge in [-0.1, -0.05) is 27.7 Å². The van der Waals surface area contributed by atoms with Crippen LogP contribution in [-0.4, -0.2) is 49.3 Å². The summed E-state index contributed by atoms with van der Waals surface area (Å²) in [6.45, 7) is 11.5. The fourth-order valence-electron chi connectivity index (χ4n) is 5.77. The summed E-state index contributed by atoms with van der Waals surface area (Å²) < 4.78 is 13.0. The molecule has 30 heavy (non-hydrogen) atoms. The summed E-state index contributed by atoms with van der Waals surface area (Å²) in [7, 11) is -0.453. The van der Waals surface area contributed by atoms with Gasteiger partial charge in [-0.15, -0.1) is 0 Å². The SMILES string of the molecule is CC(C)C[C@H](NC(=O)[C@@H](N)CCCNC(N)=O)B1O[C@@H]2C[C@@H]3C[C@@H](C3(C)C)[C@]2(C)O1. The normalized spacial score (nSPS) is 33.4. The van der Waals surface area contributed by atoms with Crippen molar-refractivity contribution < 1.29 is 18.9 Å². The standard InChI is InChI=1S/C21H39BN4O4/c1-12(2)9-17(26-18(27)14(23)7-6-8-25-19(24)28)22-29-16-11-13-10-15(20(13,3)4)21(16,5)30-22/h12-17H,6-11,23H2,1-5H3,(H,26,27)(H3,24,25,28)/t13-,14-,15-,16+,17-,21-/m0/s1. The molecular formula is C21H39BN4O4. The van der Waals surface area contributed by atoms with Crippen LogP contribution in [-0.2, 0) is 14.1 Å². The number of rotatable bonds is 9. The zero-order chi connectivity index (χ0) is 22.3. The van der Waals surface area contributed by atoms with E-state index in [0.717, 1.165) is 12.8 Å². The smallest absolute Gasteiger partial charge is 0.404 e. The van der Waals surface area contributed by atoms with E-state index in [0.29, 0.717) is 37.1 Å². The van der Waals surface area contributed by atoms with Crippen LogP contribution in [0.3, 0.4) is 0 Å². The molecule has 6 N–H and O–H groups in total. The highest BCUT2D eigenvalue weighted by molar-refractivity contribution is 6.47. The van der Waals surface area contributed by atoms with Gasteiger partial charge in [-0.3, -0.25) is 4.79 Å². The molecule has 6 atom stereocenters. The Kier molecular flexibility index (Phi) is 6.75. The fourth-order valence-corrected chi connectivity index (χ4v) is 5.77. The molecule has 9 heteroatoms. The third-order valence-corrected chi connectivity index (χ3v) is 7.68. The van der Waals surface area contributed by atoms with Gasteiger partial charge in [0.15, 0.2) is 0 Å². The molecule has 3 saturated carbocycles. The first kappa shape index (κ1) is 23.4. The van der Waals surface area contributed by atoms with Crippen molar-refractivity contribution in [1.29, 1.82) is 0 Å². The quantitative estimate of drug-likeness (QED) is 0.331. The summed E-state index contributed by atoms with van der Waals surface area (Å²) in [5.41, 5.74) is 11.1. The van der Waals surface area contributed by atoms with E-state index in [1.807, 2.05) is 0 Å². The topological polar surface area (TPSA) is 129 Å². The Balaban J connectivity index is 1.60. The number of hydrogen-bond acceptors (Lipinski definition) is 5. The number of urea groups is 1. The maximum absolute atomic E-state index is 12.7. The van der Waals surface area contributed by atoms with E-state index in [1.54, 1.807) is 0 Å². The van der Waals surface area contributed by atoms with Crippen LogP contribution in [0, 0.1) is 23.2 Å². The lowest BCUT2D eigenvalue weighted by molar-refractivity contribution is -0.199. The second-order valence-corrected chi connectivity index (χ2v) is 10.6. The van der Waals surface area contributed by atoms with Gasteiger partial charge in [0.25, 0.3) is 0 Å². The molecule has 0 aromatic carbocycles. The number of amides is 3. The van der Waals surface area contributed by atoms with Crippen molar-refractivity contribution in [3.05, 3.63) is 0 Å². The van der Waals surface area contributed by atoms with Crippen molar-refractivity contribution in [2.24, 2.45) is 34.6 Å². The van der Waals surface area contributed by atoms with E-state index in [9.17, 15) is 9.59 Å². The first-order valence-corrected chi connectivity index (χ1v) is 11.4. The molecule has 1 saturated heterocycles. The second kappa shape index (κ2) is 8.67. The first-order valence-electron chi connectivity index (χ1n) is 11.4. The molecule has 1 heterocycles. The van der Waals surface area contributed by atoms with E-state index in [-0.39, 0.29) is 29.0 Å². The van der Waals surface area contributed by atoms with Gasteiger partial charge < -0.3 is 31.4 Å². The van der Waals surface area contributed by atoms with Crippen LogP contribution in [0.1, 0.15) is 66.7 Å². The molecule has 2 bridgehead atoms. The number of primary amides is 1. The van der Waals surface area contributed by atoms with Gasteiger partial charge in [-0.2, -0.15) is 0 Å². The monoisotopic (exact) mass is 422 g/mol. The maximum Gasteiger partial charge on any atom is 0.481 e. The summed E-state index contributed by atoms with van der Waals surface area (Å²) >= 11 is 0. The molecule has 0 radical (unpaired) electrons. The Hall–Kier alpha value is -1.32. The molecule has 4 aliphatic rings. The molecule has 170 valence electrons. The summed E-state index contributed by atoms with van der Waals surface area (Å²) in [5.74, 6) is 1.09. The van der Waals surface area contributed by atoms with Crippen LogP contribution in [0.5, 0.6) is 0 Å². The van der Waals surface area contributed by atoms with Crippen molar-refractivity contribution in [3.63, 3.8) is 0 Å². The third-order valence-electron chi connectivity index (χ3n) is 7.68. The summed E-state index contributed by atoms with van der Waals surface area (Å²) in [6.07, 6.45) is 4.10. The van der Waals surface area contributed by atoms with Crippen LogP contribution in [0.4, 0.5) is 4.79 Å². The van der Waals surface area contributed by atoms with E-state index in [2.05, 4.69) is 45.3 Å². The van der Waals surface area contributed by atoms with Crippen LogP contribution in [0.25, 0.3) is 0 Å². The van der Waals surface area contributed by atoms with Gasteiger partial charge in [0, 0.05) is 6.54 Å². The average molecular weight is 422 g/mol. The van der Waals surface area contributed by atoms with Gasteiger partial charge >= 0.3 is 13.1 Å². The summed E-state index contributed by atoms with van der Waals surface area (Å²) in [4.78, 5) is 23.5. The second-order valence-electron chi connectivity index (χ2n) is 10.6. The molecule has 4 fully saturated rings. The Morgan fingerprint density at radius 3 is 2.53 bits per heavy atom. The van der Waals surface area contributed by atoms with Crippen LogP contribution >= 0.6 is 0 Å². The van der Waals surface area contributed by atoms with E-state index >= 15 is 0 Å². The number of carbonyl (C=O) groups excluding carboxylic acids is 2. The molecule has 8 nitrogen and oxygen atoms in total. The lowest BCUT2D eigenvalue weighted by atomic mass is 9.43. The van der Waals surface area contributed by atoms with Gasteiger partial charge in [0.1, 0.15) is 0 Å². The molecule has 0 aromatic rings. The Morgan fingerprint density at radius 2 is 1.93 bits per heavy atom. The highest BCUT2D eigenvalue weighted by atomic mass is 16.7. The maximum atomic E-state index is 12.7. The number of nitrogens with two attached hydrogens (primary N) is 2. The minimum Gasteiger partial charge on any atom is -0.404 e. The minimum atomic E-state index is -0.652. The number of carbonyl (C=O) groups is 2. The minimum absolute atomic E-state index is 0.0828. The van der Waals surface area contributed by atoms with E-state index in [1.165, 1.54) is 6.42 Å². The van der Waals surface area contributed by atoms with Gasteiger partial charge in [-0.25, -0.2) is 4.79 Å². The van der Waals surface area contributed by atoms with Crippen LogP contribution in [0.15, 0.2) is 0 Å². The predicted octanol–water partition coefficient (Wildman–Crippen LogP) is 1.56. The van der Waals surface area contributed by atoms with E-state index < -0.39 is 19.2 Å². The third kappa shape index (κ3) is 4.48. The summed E-state index contributed by atoms with van der Waals surface area (Å²) in [6, 6.07) is -1.23. The Labute approximate surface area is 180 Å². The van der Waals surface area contributed by atoms with Crippen LogP contribution in [0.2, 0.25) is 0 Å². The lowest BCUT2D eigenvalue weighted by Crippen LogP contribution is -2.65. The molecule has 1 aliphatic heterocycles. The number of hydrogen-bond donors (Lipinski definition) is 4. The lowest BCUT2D eigenvalue weighted by Gasteiger charge is -2.64. The number of nitrogens with one attached hydrogen (secondary N) is 2. The molecule has 0 spiro atoms. The predicted molar refractivity (Wildman–Crippen MR) is 116 cm³/mol. The molecular weight excluding hydrogens is 383 g/mol. The zero-order valence-electron chi connectivity index (χ0n) is 19.1.